The van der Waals surface area contributed by atoms with Crippen molar-refractivity contribution in [3.8, 4) is 0 Å². The molecule has 0 saturated heterocycles. The van der Waals surface area contributed by atoms with Crippen LogP contribution in [0.5, 0.6) is 0 Å². The highest BCUT2D eigenvalue weighted by molar-refractivity contribution is 5.97. The van der Waals surface area contributed by atoms with Gasteiger partial charge >= 0.3 is 0 Å². The molecule has 0 aliphatic carbocycles. The number of carbonyl (C=O) groups is 1. The zero-order valence-electron chi connectivity index (χ0n) is 10.8. The Bertz CT molecular complexity index is 533. The second kappa shape index (κ2) is 5.69. The molecule has 1 aromatic carbocycles. The molecule has 0 spiro atoms. The van der Waals surface area contributed by atoms with Gasteiger partial charge in [-0.1, -0.05) is 6.07 Å². The van der Waals surface area contributed by atoms with Crippen molar-refractivity contribution in [3.05, 3.63) is 36.0 Å². The van der Waals surface area contributed by atoms with Gasteiger partial charge in [-0.3, -0.25) is 4.79 Å². The summed E-state index contributed by atoms with van der Waals surface area (Å²) in [5.41, 5.74) is 1.70. The number of benzene rings is 1. The van der Waals surface area contributed by atoms with Crippen molar-refractivity contribution < 1.29 is 9.53 Å². The molecule has 18 heavy (non-hydrogen) atoms. The summed E-state index contributed by atoms with van der Waals surface area (Å²) in [6, 6.07) is 7.71. The number of hydrogen-bond acceptors (Lipinski definition) is 2. The van der Waals surface area contributed by atoms with Crippen LogP contribution >= 0.6 is 0 Å². The maximum Gasteiger partial charge on any atom is 0.253 e. The minimum absolute atomic E-state index is 0.0441. The maximum absolute atomic E-state index is 12.2. The summed E-state index contributed by atoms with van der Waals surface area (Å²) in [6.07, 6.45) is 2.73. The molecule has 4 heteroatoms. The van der Waals surface area contributed by atoms with Crippen LogP contribution < -0.4 is 0 Å². The van der Waals surface area contributed by atoms with E-state index in [0.717, 1.165) is 17.3 Å². The first-order chi connectivity index (χ1) is 8.72. The van der Waals surface area contributed by atoms with E-state index < -0.39 is 0 Å². The molecule has 2 aromatic rings. The summed E-state index contributed by atoms with van der Waals surface area (Å²) in [7, 11) is 3.48. The number of amides is 1. The fraction of sp³-hybridized carbons (Fsp3) is 0.357. The third-order valence-corrected chi connectivity index (χ3v) is 2.99. The van der Waals surface area contributed by atoms with E-state index in [9.17, 15) is 4.79 Å². The van der Waals surface area contributed by atoms with Crippen LogP contribution in [0.4, 0.5) is 0 Å². The molecule has 1 amide bonds. The minimum atomic E-state index is 0.0441. The van der Waals surface area contributed by atoms with E-state index in [0.29, 0.717) is 18.7 Å². The Morgan fingerprint density at radius 1 is 1.39 bits per heavy atom. The number of aromatic nitrogens is 1. The summed E-state index contributed by atoms with van der Waals surface area (Å²) in [6.45, 7) is 1.38. The van der Waals surface area contributed by atoms with Crippen LogP contribution in [0, 0.1) is 0 Å². The summed E-state index contributed by atoms with van der Waals surface area (Å²) in [4.78, 5) is 17.0. The summed E-state index contributed by atoms with van der Waals surface area (Å²) in [5, 5.41) is 1.12. The number of rotatable bonds is 5. The van der Waals surface area contributed by atoms with Crippen molar-refractivity contribution in [1.82, 2.24) is 9.88 Å². The highest BCUT2D eigenvalue weighted by atomic mass is 16.5. The molecule has 96 valence electrons. The molecular formula is C14H18N2O2. The van der Waals surface area contributed by atoms with Crippen LogP contribution in [-0.4, -0.2) is 43.1 Å². The smallest absolute Gasteiger partial charge is 0.253 e. The van der Waals surface area contributed by atoms with Gasteiger partial charge in [-0.15, -0.1) is 0 Å². The quantitative estimate of drug-likeness (QED) is 0.823. The van der Waals surface area contributed by atoms with Crippen LogP contribution in [-0.2, 0) is 4.74 Å². The third-order valence-electron chi connectivity index (χ3n) is 2.99. The Labute approximate surface area is 107 Å². The molecule has 2 rings (SSSR count). The Balaban J connectivity index is 2.07. The average Bonchev–Trinajstić information content (AvgIpc) is 2.85. The SMILES string of the molecule is COCCCN(C)C(=O)c1ccc2cc[nH]c2c1. The average molecular weight is 246 g/mol. The monoisotopic (exact) mass is 246 g/mol. The molecule has 1 aromatic heterocycles. The topological polar surface area (TPSA) is 45.3 Å². The number of nitrogens with one attached hydrogen (secondary N) is 1. The second-order valence-electron chi connectivity index (χ2n) is 4.35. The van der Waals surface area contributed by atoms with Crippen LogP contribution in [0.1, 0.15) is 16.8 Å². The molecular weight excluding hydrogens is 228 g/mol. The van der Waals surface area contributed by atoms with E-state index in [2.05, 4.69) is 4.98 Å². The van der Waals surface area contributed by atoms with Crippen molar-refractivity contribution in [2.24, 2.45) is 0 Å². The van der Waals surface area contributed by atoms with Gasteiger partial charge in [0, 0.05) is 44.6 Å². The van der Waals surface area contributed by atoms with Gasteiger partial charge in [0.05, 0.1) is 0 Å². The van der Waals surface area contributed by atoms with Gasteiger partial charge in [0.15, 0.2) is 0 Å². The second-order valence-corrected chi connectivity index (χ2v) is 4.35. The first kappa shape index (κ1) is 12.6. The van der Waals surface area contributed by atoms with Gasteiger partial charge in [0.2, 0.25) is 0 Å². The van der Waals surface area contributed by atoms with E-state index in [1.807, 2.05) is 37.5 Å². The van der Waals surface area contributed by atoms with Crippen LogP contribution in [0.25, 0.3) is 10.9 Å². The number of aromatic amines is 1. The van der Waals surface area contributed by atoms with Gasteiger partial charge in [0.1, 0.15) is 0 Å². The number of methoxy groups -OCH3 is 1. The normalized spacial score (nSPS) is 10.8. The molecule has 0 aliphatic heterocycles. The summed E-state index contributed by atoms with van der Waals surface area (Å²) < 4.78 is 4.98. The fourth-order valence-corrected chi connectivity index (χ4v) is 1.95. The van der Waals surface area contributed by atoms with Crippen LogP contribution in [0.3, 0.4) is 0 Å². The zero-order chi connectivity index (χ0) is 13.0. The summed E-state index contributed by atoms with van der Waals surface area (Å²) in [5.74, 6) is 0.0441. The van der Waals surface area contributed by atoms with Gasteiger partial charge in [0.25, 0.3) is 5.91 Å². The first-order valence-electron chi connectivity index (χ1n) is 6.04. The largest absolute Gasteiger partial charge is 0.385 e. The molecule has 0 saturated carbocycles. The predicted molar refractivity (Wildman–Crippen MR) is 71.8 cm³/mol. The Hall–Kier alpha value is -1.81. The van der Waals surface area contributed by atoms with Crippen molar-refractivity contribution in [3.63, 3.8) is 0 Å². The highest BCUT2D eigenvalue weighted by Gasteiger charge is 2.11. The van der Waals surface area contributed by atoms with Gasteiger partial charge in [-0.05, 0) is 30.0 Å². The molecule has 0 radical (unpaired) electrons. The van der Waals surface area contributed by atoms with Gasteiger partial charge in [-0.25, -0.2) is 0 Å². The molecule has 1 heterocycles. The van der Waals surface area contributed by atoms with Gasteiger partial charge < -0.3 is 14.6 Å². The lowest BCUT2D eigenvalue weighted by Gasteiger charge is -2.16. The Morgan fingerprint density at radius 2 is 2.22 bits per heavy atom. The van der Waals surface area contributed by atoms with E-state index in [4.69, 9.17) is 4.74 Å². The standard InChI is InChI=1S/C14H18N2O2/c1-16(8-3-9-18-2)14(17)12-5-4-11-6-7-15-13(11)10-12/h4-7,10,15H,3,8-9H2,1-2H3. The van der Waals surface area contributed by atoms with Crippen molar-refractivity contribution in [1.29, 1.82) is 0 Å². The van der Waals surface area contributed by atoms with E-state index in [-0.39, 0.29) is 5.91 Å². The maximum atomic E-state index is 12.2. The third kappa shape index (κ3) is 2.71. The first-order valence-corrected chi connectivity index (χ1v) is 6.04. The summed E-state index contributed by atoms with van der Waals surface area (Å²) >= 11 is 0. The van der Waals surface area contributed by atoms with Crippen molar-refractivity contribution in [2.75, 3.05) is 27.3 Å². The lowest BCUT2D eigenvalue weighted by molar-refractivity contribution is 0.0779. The lowest BCUT2D eigenvalue weighted by atomic mass is 10.1. The highest BCUT2D eigenvalue weighted by Crippen LogP contribution is 2.15. The number of H-pyrrole nitrogens is 1. The zero-order valence-corrected chi connectivity index (χ0v) is 10.8. The van der Waals surface area contributed by atoms with E-state index in [1.165, 1.54) is 0 Å². The molecule has 0 aliphatic rings. The molecule has 4 nitrogen and oxygen atoms in total. The molecule has 1 N–H and O–H groups in total. The molecule has 0 bridgehead atoms. The molecule has 0 fully saturated rings. The number of hydrogen-bond donors (Lipinski definition) is 1. The van der Waals surface area contributed by atoms with Crippen molar-refractivity contribution in [2.45, 2.75) is 6.42 Å². The Morgan fingerprint density at radius 3 is 3.00 bits per heavy atom. The predicted octanol–water partition coefficient (Wildman–Crippen LogP) is 2.28. The van der Waals surface area contributed by atoms with Crippen LogP contribution in [0.15, 0.2) is 30.5 Å². The number of carbonyl (C=O) groups excluding carboxylic acids is 1. The van der Waals surface area contributed by atoms with E-state index >= 15 is 0 Å². The van der Waals surface area contributed by atoms with Gasteiger partial charge in [-0.2, -0.15) is 0 Å². The fourth-order valence-electron chi connectivity index (χ4n) is 1.95. The molecule has 0 unspecified atom stereocenters. The Kier molecular flexibility index (Phi) is 3.99. The number of ether oxygens (including phenoxy) is 1. The number of nitrogens with zero attached hydrogens (tertiary/aromatic N) is 1. The van der Waals surface area contributed by atoms with Crippen LogP contribution in [0.2, 0.25) is 0 Å². The molecule has 0 atom stereocenters. The lowest BCUT2D eigenvalue weighted by Crippen LogP contribution is -2.28. The van der Waals surface area contributed by atoms with Crippen molar-refractivity contribution >= 4 is 16.8 Å². The number of fused-ring (bicyclic) bond motifs is 1. The van der Waals surface area contributed by atoms with E-state index in [1.54, 1.807) is 12.0 Å². The minimum Gasteiger partial charge on any atom is -0.385 e.